The quantitative estimate of drug-likeness (QED) is 0.631. The Kier molecular flexibility index (Phi) is 4.10. The molecule has 9 heteroatoms. The highest BCUT2D eigenvalue weighted by molar-refractivity contribution is 6.34. The van der Waals surface area contributed by atoms with Gasteiger partial charge >= 0.3 is 5.97 Å². The summed E-state index contributed by atoms with van der Waals surface area (Å²) in [5.74, 6) is -2.01. The van der Waals surface area contributed by atoms with Gasteiger partial charge in [-0.2, -0.15) is 0 Å². The lowest BCUT2D eigenvalue weighted by Gasteiger charge is -2.21. The fraction of sp³-hybridized carbons (Fsp3) is 0.333. The molecule has 0 spiro atoms. The van der Waals surface area contributed by atoms with Crippen LogP contribution in [0.15, 0.2) is 18.2 Å². The van der Waals surface area contributed by atoms with E-state index in [1.165, 1.54) is 6.07 Å². The van der Waals surface area contributed by atoms with Gasteiger partial charge in [0.2, 0.25) is 0 Å². The Bertz CT molecular complexity index is 620. The van der Waals surface area contributed by atoms with E-state index in [2.05, 4.69) is 0 Å². The van der Waals surface area contributed by atoms with Crippen molar-refractivity contribution in [1.29, 1.82) is 0 Å². The topological polar surface area (TPSA) is 121 Å². The number of non-ortho nitro benzene ring substituents is 1. The fourth-order valence-corrected chi connectivity index (χ4v) is 2.42. The van der Waals surface area contributed by atoms with E-state index < -0.39 is 28.9 Å². The number of aliphatic carboxylic acids is 1. The van der Waals surface area contributed by atoms with Crippen LogP contribution in [0.25, 0.3) is 0 Å². The highest BCUT2D eigenvalue weighted by Crippen LogP contribution is 2.27. The van der Waals surface area contributed by atoms with Crippen LogP contribution in [0.3, 0.4) is 0 Å². The molecule has 2 atom stereocenters. The molecule has 0 radical (unpaired) electrons. The molecule has 0 aliphatic carbocycles. The first-order valence-corrected chi connectivity index (χ1v) is 6.35. The molecule has 1 amide bonds. The maximum absolute atomic E-state index is 12.3. The highest BCUT2D eigenvalue weighted by Gasteiger charge is 2.40. The van der Waals surface area contributed by atoms with E-state index >= 15 is 0 Å². The van der Waals surface area contributed by atoms with E-state index in [4.69, 9.17) is 16.7 Å². The summed E-state index contributed by atoms with van der Waals surface area (Å²) in [6.45, 7) is -0.158. The number of nitro benzene ring substituents is 1. The van der Waals surface area contributed by atoms with Gasteiger partial charge in [-0.3, -0.25) is 14.9 Å². The molecule has 1 fully saturated rings. The van der Waals surface area contributed by atoms with E-state index in [-0.39, 0.29) is 29.2 Å². The fourth-order valence-electron chi connectivity index (χ4n) is 2.22. The number of aliphatic hydroxyl groups is 1. The van der Waals surface area contributed by atoms with Crippen LogP contribution in [-0.2, 0) is 4.79 Å². The maximum Gasteiger partial charge on any atom is 0.326 e. The van der Waals surface area contributed by atoms with Crippen molar-refractivity contribution >= 4 is 29.2 Å². The Morgan fingerprint density at radius 2 is 2.10 bits per heavy atom. The minimum absolute atomic E-state index is 0.0175. The molecular weight excluding hydrogens is 304 g/mol. The number of β-amino-alcohol motifs (C(OH)–C–C–N with tert-alkyl or cyclic N) is 1. The number of carboxylic acids is 1. The Balaban J connectivity index is 2.37. The molecular formula is C12H11ClN2O6. The largest absolute Gasteiger partial charge is 0.480 e. The third-order valence-electron chi connectivity index (χ3n) is 3.22. The standard InChI is InChI=1S/C12H11ClN2O6/c13-9-2-1-6(15(20)21)3-8(9)11(17)14-5-7(16)4-10(14)12(18)19/h1-3,7,10,16H,4-5H2,(H,18,19)/t7-,10+/m1/s1. The molecule has 1 aliphatic heterocycles. The van der Waals surface area contributed by atoms with Crippen molar-refractivity contribution < 1.29 is 24.7 Å². The van der Waals surface area contributed by atoms with Crippen LogP contribution in [0.2, 0.25) is 5.02 Å². The van der Waals surface area contributed by atoms with Crippen LogP contribution < -0.4 is 0 Å². The summed E-state index contributed by atoms with van der Waals surface area (Å²) in [5.41, 5.74) is -0.486. The molecule has 1 aromatic rings. The minimum atomic E-state index is -1.25. The SMILES string of the molecule is O=C(O)[C@@H]1C[C@@H](O)CN1C(=O)c1cc([N+](=O)[O-])ccc1Cl. The molecule has 21 heavy (non-hydrogen) atoms. The van der Waals surface area contributed by atoms with Gasteiger partial charge in [-0.25, -0.2) is 4.79 Å². The molecule has 1 saturated heterocycles. The summed E-state index contributed by atoms with van der Waals surface area (Å²) in [7, 11) is 0. The number of likely N-dealkylation sites (tertiary alicyclic amines) is 1. The zero-order chi connectivity index (χ0) is 15.7. The van der Waals surface area contributed by atoms with Gasteiger partial charge in [-0.15, -0.1) is 0 Å². The van der Waals surface area contributed by atoms with Gasteiger partial charge in [-0.05, 0) is 6.07 Å². The Hall–Kier alpha value is -2.19. The number of carboxylic acid groups (broad SMARTS) is 1. The average Bonchev–Trinajstić information content (AvgIpc) is 2.80. The first-order chi connectivity index (χ1) is 9.81. The van der Waals surface area contributed by atoms with Crippen LogP contribution in [0.5, 0.6) is 0 Å². The van der Waals surface area contributed by atoms with Crippen molar-refractivity contribution in [1.82, 2.24) is 4.90 Å². The molecule has 1 heterocycles. The highest BCUT2D eigenvalue weighted by atomic mass is 35.5. The maximum atomic E-state index is 12.3. The smallest absolute Gasteiger partial charge is 0.326 e. The number of nitro groups is 1. The Labute approximate surface area is 123 Å². The summed E-state index contributed by atoms with van der Waals surface area (Å²) >= 11 is 5.86. The number of carbonyl (C=O) groups is 2. The molecule has 2 N–H and O–H groups in total. The van der Waals surface area contributed by atoms with Crippen molar-refractivity contribution in [2.24, 2.45) is 0 Å². The zero-order valence-electron chi connectivity index (χ0n) is 10.6. The molecule has 0 aromatic heterocycles. The van der Waals surface area contributed by atoms with Crippen molar-refractivity contribution in [3.05, 3.63) is 38.9 Å². The van der Waals surface area contributed by atoms with Gasteiger partial charge in [-0.1, -0.05) is 11.6 Å². The molecule has 112 valence electrons. The molecule has 0 unspecified atom stereocenters. The van der Waals surface area contributed by atoms with Gasteiger partial charge in [0.15, 0.2) is 0 Å². The number of benzene rings is 1. The van der Waals surface area contributed by atoms with Crippen molar-refractivity contribution in [2.75, 3.05) is 6.54 Å². The van der Waals surface area contributed by atoms with Crippen molar-refractivity contribution in [3.8, 4) is 0 Å². The lowest BCUT2D eigenvalue weighted by Crippen LogP contribution is -2.40. The minimum Gasteiger partial charge on any atom is -0.480 e. The summed E-state index contributed by atoms with van der Waals surface area (Å²) in [5, 5.41) is 29.3. The lowest BCUT2D eigenvalue weighted by molar-refractivity contribution is -0.384. The first kappa shape index (κ1) is 15.2. The van der Waals surface area contributed by atoms with Gasteiger partial charge < -0.3 is 15.1 Å². The number of carbonyl (C=O) groups excluding carboxylic acids is 1. The van der Waals surface area contributed by atoms with E-state index in [1.807, 2.05) is 0 Å². The van der Waals surface area contributed by atoms with E-state index in [1.54, 1.807) is 0 Å². The van der Waals surface area contributed by atoms with Gasteiger partial charge in [0.1, 0.15) is 6.04 Å². The van der Waals surface area contributed by atoms with Crippen LogP contribution in [0.1, 0.15) is 16.8 Å². The van der Waals surface area contributed by atoms with Crippen molar-refractivity contribution in [3.63, 3.8) is 0 Å². The third-order valence-corrected chi connectivity index (χ3v) is 3.55. The molecule has 1 aromatic carbocycles. The lowest BCUT2D eigenvalue weighted by atomic mass is 10.1. The summed E-state index contributed by atoms with van der Waals surface area (Å²) in [6, 6.07) is 2.17. The van der Waals surface area contributed by atoms with Crippen molar-refractivity contribution in [2.45, 2.75) is 18.6 Å². The summed E-state index contributed by atoms with van der Waals surface area (Å²) < 4.78 is 0. The molecule has 0 bridgehead atoms. The van der Waals surface area contributed by atoms with Gasteiger partial charge in [0.25, 0.3) is 11.6 Å². The number of halogens is 1. The zero-order valence-corrected chi connectivity index (χ0v) is 11.4. The third kappa shape index (κ3) is 2.96. The first-order valence-electron chi connectivity index (χ1n) is 5.97. The number of hydrogen-bond donors (Lipinski definition) is 2. The normalized spacial score (nSPS) is 21.3. The Morgan fingerprint density at radius 3 is 2.67 bits per heavy atom. The Morgan fingerprint density at radius 1 is 1.43 bits per heavy atom. The van der Waals surface area contributed by atoms with Crippen LogP contribution in [0, 0.1) is 10.1 Å². The second-order valence-corrected chi connectivity index (χ2v) is 5.03. The predicted molar refractivity (Wildman–Crippen MR) is 71.2 cm³/mol. The van der Waals surface area contributed by atoms with E-state index in [9.17, 15) is 24.8 Å². The summed E-state index contributed by atoms with van der Waals surface area (Å²) in [4.78, 5) is 34.5. The number of rotatable bonds is 3. The number of nitrogens with zero attached hydrogens (tertiary/aromatic N) is 2. The van der Waals surface area contributed by atoms with Gasteiger partial charge in [0.05, 0.1) is 21.6 Å². The second kappa shape index (κ2) is 5.66. The average molecular weight is 315 g/mol. The van der Waals surface area contributed by atoms with Gasteiger partial charge in [0, 0.05) is 25.1 Å². The number of aliphatic hydroxyl groups excluding tert-OH is 1. The monoisotopic (exact) mass is 314 g/mol. The molecule has 8 nitrogen and oxygen atoms in total. The molecule has 2 rings (SSSR count). The molecule has 1 aliphatic rings. The summed E-state index contributed by atoms with van der Waals surface area (Å²) in [6.07, 6.45) is -1.04. The second-order valence-electron chi connectivity index (χ2n) is 4.62. The molecule has 0 saturated carbocycles. The predicted octanol–water partition coefficient (Wildman–Crippen LogP) is 0.908. The van der Waals surface area contributed by atoms with Crippen LogP contribution in [0.4, 0.5) is 5.69 Å². The van der Waals surface area contributed by atoms with Crippen LogP contribution >= 0.6 is 11.6 Å². The number of hydrogen-bond acceptors (Lipinski definition) is 5. The number of amides is 1. The van der Waals surface area contributed by atoms with Crippen LogP contribution in [-0.4, -0.2) is 50.6 Å². The van der Waals surface area contributed by atoms with E-state index in [0.29, 0.717) is 0 Å². The van der Waals surface area contributed by atoms with E-state index in [0.717, 1.165) is 17.0 Å².